The Hall–Kier alpha value is -2.08. The number of amides is 2. The number of nitrogens with one attached hydrogen (secondary N) is 2. The molecule has 1 aliphatic carbocycles. The zero-order valence-corrected chi connectivity index (χ0v) is 12.2. The number of carbonyl (C=O) groups is 2. The van der Waals surface area contributed by atoms with Crippen molar-refractivity contribution in [1.82, 2.24) is 5.32 Å². The first-order valence-corrected chi connectivity index (χ1v) is 7.04. The minimum absolute atomic E-state index is 0.134. The van der Waals surface area contributed by atoms with Crippen molar-refractivity contribution in [2.75, 3.05) is 5.32 Å². The largest absolute Gasteiger partial charge is 0.465 e. The van der Waals surface area contributed by atoms with Gasteiger partial charge < -0.3 is 21.5 Å². The van der Waals surface area contributed by atoms with Gasteiger partial charge in [-0.05, 0) is 30.0 Å². The van der Waals surface area contributed by atoms with Gasteiger partial charge in [-0.1, -0.05) is 26.0 Å². The summed E-state index contributed by atoms with van der Waals surface area (Å²) in [7, 11) is 0. The number of hydrogen-bond donors (Lipinski definition) is 4. The summed E-state index contributed by atoms with van der Waals surface area (Å²) in [6.45, 7) is 3.58. The van der Waals surface area contributed by atoms with Crippen LogP contribution in [0, 0.1) is 5.92 Å². The van der Waals surface area contributed by atoms with Crippen molar-refractivity contribution in [1.29, 1.82) is 0 Å². The standard InChI is InChI=1S/C15H21N3O3/c1-8(2)13(18-15(20)21)14(19)17-10-5-3-9(4-6-10)11-7-12(11)16/h3-6,8,11-13,18H,7,16H2,1-2H3,(H,17,19)(H,20,21). The molecule has 1 aliphatic rings. The molecule has 0 saturated heterocycles. The quantitative estimate of drug-likeness (QED) is 0.663. The molecule has 114 valence electrons. The SMILES string of the molecule is CC(C)C(NC(=O)O)C(=O)Nc1ccc(C2CC2N)cc1. The molecule has 1 fully saturated rings. The molecule has 0 aromatic heterocycles. The Morgan fingerprint density at radius 1 is 1.29 bits per heavy atom. The van der Waals surface area contributed by atoms with Crippen LogP contribution in [-0.4, -0.2) is 29.2 Å². The molecule has 5 N–H and O–H groups in total. The highest BCUT2D eigenvalue weighted by Gasteiger charge is 2.34. The smallest absolute Gasteiger partial charge is 0.405 e. The van der Waals surface area contributed by atoms with Gasteiger partial charge in [0, 0.05) is 17.6 Å². The Bertz CT molecular complexity index is 527. The first-order valence-electron chi connectivity index (χ1n) is 7.04. The zero-order valence-electron chi connectivity index (χ0n) is 12.2. The maximum atomic E-state index is 12.1. The predicted molar refractivity (Wildman–Crippen MR) is 80.2 cm³/mol. The molecule has 0 heterocycles. The molecule has 1 saturated carbocycles. The summed E-state index contributed by atoms with van der Waals surface area (Å²) >= 11 is 0. The molecule has 0 radical (unpaired) electrons. The van der Waals surface area contributed by atoms with E-state index >= 15 is 0 Å². The molecule has 2 amide bonds. The maximum Gasteiger partial charge on any atom is 0.405 e. The third-order valence-corrected chi connectivity index (χ3v) is 3.67. The first kappa shape index (κ1) is 15.3. The van der Waals surface area contributed by atoms with Gasteiger partial charge in [0.2, 0.25) is 5.91 Å². The third kappa shape index (κ3) is 3.95. The van der Waals surface area contributed by atoms with Crippen LogP contribution in [0.1, 0.15) is 31.7 Å². The highest BCUT2D eigenvalue weighted by atomic mass is 16.4. The monoisotopic (exact) mass is 291 g/mol. The summed E-state index contributed by atoms with van der Waals surface area (Å²) in [4.78, 5) is 22.8. The number of rotatable bonds is 5. The molecule has 0 aliphatic heterocycles. The van der Waals surface area contributed by atoms with E-state index in [0.29, 0.717) is 11.6 Å². The van der Waals surface area contributed by atoms with Crippen molar-refractivity contribution in [2.45, 2.75) is 38.3 Å². The van der Waals surface area contributed by atoms with Crippen molar-refractivity contribution in [3.63, 3.8) is 0 Å². The lowest BCUT2D eigenvalue weighted by molar-refractivity contribution is -0.118. The number of carboxylic acid groups (broad SMARTS) is 1. The summed E-state index contributed by atoms with van der Waals surface area (Å²) in [6, 6.07) is 6.99. The van der Waals surface area contributed by atoms with Gasteiger partial charge >= 0.3 is 6.09 Å². The van der Waals surface area contributed by atoms with Crippen LogP contribution >= 0.6 is 0 Å². The maximum absolute atomic E-state index is 12.1. The molecule has 1 aromatic carbocycles. The Kier molecular flexibility index (Phi) is 4.47. The molecule has 1 aromatic rings. The summed E-state index contributed by atoms with van der Waals surface area (Å²) in [6.07, 6.45) is -0.203. The van der Waals surface area contributed by atoms with Crippen LogP contribution in [0.2, 0.25) is 0 Å². The van der Waals surface area contributed by atoms with Crippen molar-refractivity contribution in [2.24, 2.45) is 11.7 Å². The molecule has 0 bridgehead atoms. The van der Waals surface area contributed by atoms with Gasteiger partial charge in [-0.15, -0.1) is 0 Å². The van der Waals surface area contributed by atoms with Gasteiger partial charge in [0.25, 0.3) is 0 Å². The molecular weight excluding hydrogens is 270 g/mol. The van der Waals surface area contributed by atoms with E-state index in [1.807, 2.05) is 24.3 Å². The number of carbonyl (C=O) groups excluding carboxylic acids is 1. The van der Waals surface area contributed by atoms with Gasteiger partial charge in [-0.3, -0.25) is 4.79 Å². The van der Waals surface area contributed by atoms with E-state index in [4.69, 9.17) is 10.8 Å². The summed E-state index contributed by atoms with van der Waals surface area (Å²) in [5, 5.41) is 13.7. The zero-order chi connectivity index (χ0) is 15.6. The molecular formula is C15H21N3O3. The van der Waals surface area contributed by atoms with Gasteiger partial charge in [-0.25, -0.2) is 4.79 Å². The average molecular weight is 291 g/mol. The summed E-state index contributed by atoms with van der Waals surface area (Å²) in [5.74, 6) is -0.0695. The second kappa shape index (κ2) is 6.13. The van der Waals surface area contributed by atoms with Gasteiger partial charge in [-0.2, -0.15) is 0 Å². The lowest BCUT2D eigenvalue weighted by atomic mass is 10.0. The van der Waals surface area contributed by atoms with Crippen molar-refractivity contribution < 1.29 is 14.7 Å². The second-order valence-corrected chi connectivity index (χ2v) is 5.79. The van der Waals surface area contributed by atoms with Crippen LogP contribution < -0.4 is 16.4 Å². The molecule has 2 rings (SSSR count). The Morgan fingerprint density at radius 3 is 2.29 bits per heavy atom. The fraction of sp³-hybridized carbons (Fsp3) is 0.467. The number of hydrogen-bond acceptors (Lipinski definition) is 3. The summed E-state index contributed by atoms with van der Waals surface area (Å²) < 4.78 is 0. The highest BCUT2D eigenvalue weighted by Crippen LogP contribution is 2.39. The van der Waals surface area contributed by atoms with Crippen LogP contribution in [0.3, 0.4) is 0 Å². The summed E-state index contributed by atoms with van der Waals surface area (Å²) in [5.41, 5.74) is 7.62. The van der Waals surface area contributed by atoms with Crippen LogP contribution in [0.25, 0.3) is 0 Å². The van der Waals surface area contributed by atoms with Crippen LogP contribution in [0.5, 0.6) is 0 Å². The predicted octanol–water partition coefficient (Wildman–Crippen LogP) is 1.73. The van der Waals surface area contributed by atoms with Gasteiger partial charge in [0.1, 0.15) is 6.04 Å². The highest BCUT2D eigenvalue weighted by molar-refractivity contribution is 5.96. The third-order valence-electron chi connectivity index (χ3n) is 3.67. The minimum Gasteiger partial charge on any atom is -0.465 e. The molecule has 0 spiro atoms. The lowest BCUT2D eigenvalue weighted by Crippen LogP contribution is -2.46. The fourth-order valence-electron chi connectivity index (χ4n) is 2.30. The van der Waals surface area contributed by atoms with Crippen molar-refractivity contribution >= 4 is 17.7 Å². The van der Waals surface area contributed by atoms with Crippen molar-refractivity contribution in [3.8, 4) is 0 Å². The molecule has 3 unspecified atom stereocenters. The van der Waals surface area contributed by atoms with E-state index in [9.17, 15) is 9.59 Å². The Labute approximate surface area is 123 Å². The normalized spacial score (nSPS) is 21.7. The minimum atomic E-state index is -1.21. The molecule has 6 heteroatoms. The van der Waals surface area contributed by atoms with Crippen molar-refractivity contribution in [3.05, 3.63) is 29.8 Å². The van der Waals surface area contributed by atoms with Gasteiger partial charge in [0.15, 0.2) is 0 Å². The molecule has 3 atom stereocenters. The van der Waals surface area contributed by atoms with E-state index < -0.39 is 12.1 Å². The fourth-order valence-corrected chi connectivity index (χ4v) is 2.30. The number of nitrogens with two attached hydrogens (primary N) is 1. The second-order valence-electron chi connectivity index (χ2n) is 5.79. The average Bonchev–Trinajstić information content (AvgIpc) is 3.13. The van der Waals surface area contributed by atoms with Crippen LogP contribution in [0.4, 0.5) is 10.5 Å². The van der Waals surface area contributed by atoms with E-state index in [1.54, 1.807) is 13.8 Å². The Morgan fingerprint density at radius 2 is 1.86 bits per heavy atom. The van der Waals surface area contributed by atoms with E-state index in [2.05, 4.69) is 10.6 Å². The van der Waals surface area contributed by atoms with E-state index in [0.717, 1.165) is 6.42 Å². The van der Waals surface area contributed by atoms with Gasteiger partial charge in [0.05, 0.1) is 0 Å². The van der Waals surface area contributed by atoms with Crippen LogP contribution in [0.15, 0.2) is 24.3 Å². The lowest BCUT2D eigenvalue weighted by Gasteiger charge is -2.20. The van der Waals surface area contributed by atoms with E-state index in [-0.39, 0.29) is 17.9 Å². The molecule has 21 heavy (non-hydrogen) atoms. The molecule has 6 nitrogen and oxygen atoms in total. The number of anilines is 1. The number of benzene rings is 1. The first-order chi connectivity index (χ1) is 9.88. The topological polar surface area (TPSA) is 104 Å². The van der Waals surface area contributed by atoms with E-state index in [1.165, 1.54) is 5.56 Å². The van der Waals surface area contributed by atoms with Crippen LogP contribution in [-0.2, 0) is 4.79 Å². The Balaban J connectivity index is 1.99.